The Morgan fingerprint density at radius 2 is 1.53 bits per heavy atom. The molecule has 2 aliphatic heterocycles. The fourth-order valence-electron chi connectivity index (χ4n) is 6.82. The van der Waals surface area contributed by atoms with Crippen LogP contribution >= 0.6 is 11.3 Å². The summed E-state index contributed by atoms with van der Waals surface area (Å²) in [6.07, 6.45) is 20.6. The fraction of sp³-hybridized carbons (Fsp3) is 0.667. The first-order valence-corrected chi connectivity index (χ1v) is 19.9. The number of carbonyl (C=O) groups excluding carboxylic acids is 1. The maximum Gasteiger partial charge on any atom is 0.252 e. The third-order valence-electron chi connectivity index (χ3n) is 9.59. The topological polar surface area (TPSA) is 96.7 Å². The average Bonchev–Trinajstić information content (AvgIpc) is 3.84. The molecule has 10 heteroatoms. The van der Waals surface area contributed by atoms with Gasteiger partial charge in [-0.3, -0.25) is 4.79 Å². The van der Waals surface area contributed by atoms with Crippen molar-refractivity contribution >= 4 is 17.2 Å². The van der Waals surface area contributed by atoms with E-state index in [0.717, 1.165) is 134 Å². The molecule has 0 bridgehead atoms. The molecule has 5 rings (SSSR count). The first-order valence-electron chi connectivity index (χ1n) is 18.9. The molecule has 0 aliphatic carbocycles. The van der Waals surface area contributed by atoms with Gasteiger partial charge in [0.15, 0.2) is 0 Å². The van der Waals surface area contributed by atoms with Crippen molar-refractivity contribution in [2.45, 2.75) is 140 Å². The number of rotatable bonds is 23. The summed E-state index contributed by atoms with van der Waals surface area (Å²) in [7, 11) is 0. The maximum absolute atomic E-state index is 11.9. The minimum absolute atomic E-state index is 0.0327. The largest absolute Gasteiger partial charge is 0.381 e. The van der Waals surface area contributed by atoms with Gasteiger partial charge in [-0.05, 0) is 107 Å². The number of aromatic nitrogens is 3. The molecule has 2 aromatic heterocycles. The second-order valence-electron chi connectivity index (χ2n) is 13.7. The van der Waals surface area contributed by atoms with Gasteiger partial charge in [0.1, 0.15) is 11.8 Å². The minimum Gasteiger partial charge on any atom is -0.381 e. The van der Waals surface area contributed by atoms with Gasteiger partial charge in [0.2, 0.25) is 0 Å². The molecule has 2 aliphatic rings. The maximum atomic E-state index is 11.9. The summed E-state index contributed by atoms with van der Waals surface area (Å²) in [6, 6.07) is 12.2. The zero-order valence-electron chi connectivity index (χ0n) is 29.4. The van der Waals surface area contributed by atoms with Crippen molar-refractivity contribution in [3.8, 4) is 0 Å². The van der Waals surface area contributed by atoms with Crippen LogP contribution in [0.2, 0.25) is 0 Å². The molecule has 1 aromatic carbocycles. The van der Waals surface area contributed by atoms with Gasteiger partial charge in [-0.1, -0.05) is 48.4 Å². The molecular weight excluding hydrogens is 637 g/mol. The zero-order valence-corrected chi connectivity index (χ0v) is 30.2. The van der Waals surface area contributed by atoms with E-state index in [0.29, 0.717) is 18.8 Å². The molecule has 3 aromatic rings. The summed E-state index contributed by atoms with van der Waals surface area (Å²) < 4.78 is 26.7. The van der Waals surface area contributed by atoms with E-state index in [4.69, 9.17) is 18.9 Å². The summed E-state index contributed by atoms with van der Waals surface area (Å²) in [5, 5.41) is 15.8. The van der Waals surface area contributed by atoms with Crippen LogP contribution in [0.25, 0.3) is 0 Å². The monoisotopic (exact) mass is 694 g/mol. The Balaban J connectivity index is 0.860. The van der Waals surface area contributed by atoms with Crippen LogP contribution in [0, 0.1) is 0 Å². The number of unbranched alkanes of at least 4 members (excludes halogenated alkanes) is 5. The highest BCUT2D eigenvalue weighted by molar-refractivity contribution is 7.08. The van der Waals surface area contributed by atoms with E-state index < -0.39 is 0 Å². The molecule has 1 N–H and O–H groups in total. The molecule has 0 saturated carbocycles. The van der Waals surface area contributed by atoms with Gasteiger partial charge in [0, 0.05) is 37.3 Å². The van der Waals surface area contributed by atoms with Crippen LogP contribution in [0.3, 0.4) is 0 Å². The molecule has 0 spiro atoms. The van der Waals surface area contributed by atoms with Crippen LogP contribution in [0.4, 0.5) is 0 Å². The number of benzene rings is 1. The van der Waals surface area contributed by atoms with Crippen LogP contribution in [-0.4, -0.2) is 65.6 Å². The van der Waals surface area contributed by atoms with Crippen LogP contribution in [-0.2, 0) is 32.1 Å². The number of carbonyl (C=O) groups is 1. The Morgan fingerprint density at radius 3 is 2.33 bits per heavy atom. The second-order valence-corrected chi connectivity index (χ2v) is 14.5. The molecule has 49 heavy (non-hydrogen) atoms. The molecular formula is C39H58N4O5S. The average molecular weight is 695 g/mol. The molecule has 2 saturated heterocycles. The van der Waals surface area contributed by atoms with E-state index >= 15 is 0 Å². The van der Waals surface area contributed by atoms with Crippen molar-refractivity contribution in [1.29, 1.82) is 0 Å². The van der Waals surface area contributed by atoms with Crippen LogP contribution in [0.1, 0.15) is 130 Å². The third kappa shape index (κ3) is 14.3. The Bertz CT molecular complexity index is 1290. The quantitative estimate of drug-likeness (QED) is 0.0996. The highest BCUT2D eigenvalue weighted by atomic mass is 32.1. The van der Waals surface area contributed by atoms with Crippen LogP contribution in [0.5, 0.6) is 0 Å². The predicted molar refractivity (Wildman–Crippen MR) is 194 cm³/mol. The molecule has 1 amide bonds. The molecule has 4 heterocycles. The molecule has 0 unspecified atom stereocenters. The van der Waals surface area contributed by atoms with E-state index in [1.807, 2.05) is 27.6 Å². The van der Waals surface area contributed by atoms with Gasteiger partial charge >= 0.3 is 0 Å². The van der Waals surface area contributed by atoms with E-state index in [9.17, 15) is 4.79 Å². The van der Waals surface area contributed by atoms with Gasteiger partial charge in [-0.25, -0.2) is 4.68 Å². The van der Waals surface area contributed by atoms with Gasteiger partial charge < -0.3 is 24.3 Å². The number of nitrogens with zero attached hydrogens (tertiary/aromatic N) is 3. The van der Waals surface area contributed by atoms with Crippen molar-refractivity contribution in [3.05, 3.63) is 70.2 Å². The molecule has 0 radical (unpaired) electrons. The lowest BCUT2D eigenvalue weighted by Crippen LogP contribution is -2.31. The predicted octanol–water partition coefficient (Wildman–Crippen LogP) is 8.45. The third-order valence-corrected chi connectivity index (χ3v) is 10.3. The van der Waals surface area contributed by atoms with Crippen molar-refractivity contribution in [3.63, 3.8) is 0 Å². The van der Waals surface area contributed by atoms with Crippen LogP contribution in [0.15, 0.2) is 53.4 Å². The normalized spacial score (nSPS) is 21.1. The number of ether oxygens (including phenoxy) is 4. The first kappa shape index (κ1) is 37.6. The van der Waals surface area contributed by atoms with Crippen LogP contribution < -0.4 is 5.32 Å². The van der Waals surface area contributed by atoms with E-state index in [1.54, 1.807) is 11.3 Å². The fourth-order valence-corrected chi connectivity index (χ4v) is 7.45. The smallest absolute Gasteiger partial charge is 0.252 e. The van der Waals surface area contributed by atoms with Crippen molar-refractivity contribution in [2.75, 3.05) is 26.4 Å². The SMILES string of the molecule is O=C(NCCCCCCOCCCC[C@H]1CCC[C@@H](Cn2cc([C@@H]3CCC[C@H](CCCCOCc4ccccc4)O3)nn2)O1)c1ccsc1. The Hall–Kier alpha value is -2.63. The lowest BCUT2D eigenvalue weighted by Gasteiger charge is -2.30. The van der Waals surface area contributed by atoms with E-state index in [1.165, 1.54) is 18.4 Å². The summed E-state index contributed by atoms with van der Waals surface area (Å²) in [4.78, 5) is 11.9. The molecule has 9 nitrogen and oxygen atoms in total. The number of hydrogen-bond acceptors (Lipinski definition) is 8. The zero-order chi connectivity index (χ0) is 33.8. The number of thiophene rings is 1. The number of nitrogens with one attached hydrogen (secondary N) is 1. The first-order chi connectivity index (χ1) is 24.2. The standard InChI is InChI=1S/C39H58N4O5S/c44-39(33-22-27-49-31-33)40-23-8-1-2-9-24-45-25-10-6-16-34-18-12-20-36(47-34)28-43-29-37(41-42-43)38-21-13-19-35(48-38)17-7-11-26-46-30-32-14-4-3-5-15-32/h3-5,14-15,22,27,29,31,34-36,38H,1-2,6-13,16-21,23-26,28,30H2,(H,40,44)/t34-,35-,36-,38-/m0/s1. The number of amides is 1. The Labute approximate surface area is 297 Å². The highest BCUT2D eigenvalue weighted by Crippen LogP contribution is 2.32. The summed E-state index contributed by atoms with van der Waals surface area (Å²) in [5.74, 6) is 0.0327. The van der Waals surface area contributed by atoms with Gasteiger partial charge in [-0.15, -0.1) is 5.10 Å². The van der Waals surface area contributed by atoms with Gasteiger partial charge in [0.05, 0.1) is 37.7 Å². The van der Waals surface area contributed by atoms with Gasteiger partial charge in [0.25, 0.3) is 5.91 Å². The second kappa shape index (κ2) is 22.2. The van der Waals surface area contributed by atoms with E-state index in [2.05, 4.69) is 46.1 Å². The van der Waals surface area contributed by atoms with E-state index in [-0.39, 0.29) is 18.1 Å². The van der Waals surface area contributed by atoms with Crippen molar-refractivity contribution < 1.29 is 23.7 Å². The summed E-state index contributed by atoms with van der Waals surface area (Å²) >= 11 is 1.55. The lowest BCUT2D eigenvalue weighted by atomic mass is 9.99. The van der Waals surface area contributed by atoms with Crippen molar-refractivity contribution in [2.24, 2.45) is 0 Å². The number of hydrogen-bond donors (Lipinski definition) is 1. The minimum atomic E-state index is 0.0327. The molecule has 4 atom stereocenters. The Morgan fingerprint density at radius 1 is 0.816 bits per heavy atom. The molecule has 270 valence electrons. The summed E-state index contributed by atoms with van der Waals surface area (Å²) in [6.45, 7) is 4.62. The molecule has 2 fully saturated rings. The lowest BCUT2D eigenvalue weighted by molar-refractivity contribution is -0.0630. The Kier molecular flexibility index (Phi) is 17.1. The van der Waals surface area contributed by atoms with Gasteiger partial charge in [-0.2, -0.15) is 11.3 Å². The van der Waals surface area contributed by atoms with Crippen molar-refractivity contribution in [1.82, 2.24) is 20.3 Å². The highest BCUT2D eigenvalue weighted by Gasteiger charge is 2.27. The summed E-state index contributed by atoms with van der Waals surface area (Å²) in [5.41, 5.74) is 2.95.